The second-order valence-corrected chi connectivity index (χ2v) is 5.37. The van der Waals surface area contributed by atoms with Gasteiger partial charge in [-0.25, -0.2) is 0 Å². The largest absolute Gasteiger partial charge is 0.384 e. The molecule has 0 aromatic rings. The molecule has 0 fully saturated rings. The van der Waals surface area contributed by atoms with Crippen LogP contribution in [0.2, 0.25) is 0 Å². The first-order valence-electron chi connectivity index (χ1n) is 6.56. The van der Waals surface area contributed by atoms with Crippen molar-refractivity contribution < 1.29 is 9.47 Å². The molecule has 3 atom stereocenters. The Labute approximate surface area is 102 Å². The van der Waals surface area contributed by atoms with E-state index in [0.717, 1.165) is 18.9 Å². The van der Waals surface area contributed by atoms with Gasteiger partial charge >= 0.3 is 0 Å². The highest BCUT2D eigenvalue weighted by atomic mass is 16.5. The molecule has 0 saturated heterocycles. The van der Waals surface area contributed by atoms with E-state index in [9.17, 15) is 0 Å². The van der Waals surface area contributed by atoms with Crippen molar-refractivity contribution >= 4 is 0 Å². The van der Waals surface area contributed by atoms with E-state index in [0.29, 0.717) is 17.9 Å². The molecule has 2 nitrogen and oxygen atoms in total. The highest BCUT2D eigenvalue weighted by Gasteiger charge is 2.23. The molecule has 2 heteroatoms. The molecule has 0 rings (SSSR count). The van der Waals surface area contributed by atoms with Crippen molar-refractivity contribution in [2.45, 2.75) is 53.1 Å². The summed E-state index contributed by atoms with van der Waals surface area (Å²) in [4.78, 5) is 0. The third-order valence-electron chi connectivity index (χ3n) is 3.32. The molecule has 98 valence electrons. The van der Waals surface area contributed by atoms with E-state index >= 15 is 0 Å². The Morgan fingerprint density at radius 3 is 2.00 bits per heavy atom. The quantitative estimate of drug-likeness (QED) is 0.600. The first kappa shape index (κ1) is 15.9. The molecule has 0 radical (unpaired) electrons. The van der Waals surface area contributed by atoms with Crippen LogP contribution >= 0.6 is 0 Å². The second-order valence-electron chi connectivity index (χ2n) is 5.37. The molecular weight excluding hydrogens is 200 g/mol. The fraction of sp³-hybridized carbons (Fsp3) is 1.00. The predicted octanol–water partition coefficient (Wildman–Crippen LogP) is 3.75. The smallest absolute Gasteiger partial charge is 0.0624 e. The Balaban J connectivity index is 4.33. The Hall–Kier alpha value is -0.0800. The first-order chi connectivity index (χ1) is 7.54. The summed E-state index contributed by atoms with van der Waals surface area (Å²) in [5.41, 5.74) is 0. The molecule has 0 aliphatic carbocycles. The Bertz CT molecular complexity index is 157. The molecule has 0 aliphatic rings. The van der Waals surface area contributed by atoms with Crippen LogP contribution < -0.4 is 0 Å². The molecule has 0 spiro atoms. The number of ether oxygens (including phenoxy) is 2. The van der Waals surface area contributed by atoms with Gasteiger partial charge in [0.2, 0.25) is 0 Å². The zero-order chi connectivity index (χ0) is 12.6. The SMILES string of the molecule is CCC(C)CC(COC)C(CC(C)C)OC. The van der Waals surface area contributed by atoms with Gasteiger partial charge in [0.15, 0.2) is 0 Å². The fourth-order valence-corrected chi connectivity index (χ4v) is 2.17. The zero-order valence-electron chi connectivity index (χ0n) is 12.0. The molecule has 16 heavy (non-hydrogen) atoms. The standard InChI is InChI=1S/C14H30O2/c1-7-12(4)9-13(10-15-5)14(16-6)8-11(2)3/h11-14H,7-10H2,1-6H3. The van der Waals surface area contributed by atoms with Crippen molar-refractivity contribution in [3.05, 3.63) is 0 Å². The highest BCUT2D eigenvalue weighted by Crippen LogP contribution is 2.24. The minimum absolute atomic E-state index is 0.342. The van der Waals surface area contributed by atoms with Gasteiger partial charge in [0.1, 0.15) is 0 Å². The lowest BCUT2D eigenvalue weighted by Crippen LogP contribution is -2.29. The van der Waals surface area contributed by atoms with Crippen LogP contribution in [0.3, 0.4) is 0 Å². The Morgan fingerprint density at radius 1 is 1.00 bits per heavy atom. The van der Waals surface area contributed by atoms with E-state index < -0.39 is 0 Å². The monoisotopic (exact) mass is 230 g/mol. The van der Waals surface area contributed by atoms with Gasteiger partial charge in [-0.3, -0.25) is 0 Å². The van der Waals surface area contributed by atoms with E-state index in [-0.39, 0.29) is 0 Å². The van der Waals surface area contributed by atoms with E-state index in [1.54, 1.807) is 7.11 Å². The van der Waals surface area contributed by atoms with Crippen molar-refractivity contribution in [1.82, 2.24) is 0 Å². The lowest BCUT2D eigenvalue weighted by atomic mass is 9.87. The number of methoxy groups -OCH3 is 2. The maximum absolute atomic E-state index is 5.64. The van der Waals surface area contributed by atoms with Crippen molar-refractivity contribution in [2.75, 3.05) is 20.8 Å². The summed E-state index contributed by atoms with van der Waals surface area (Å²) in [6.07, 6.45) is 3.91. The first-order valence-corrected chi connectivity index (χ1v) is 6.56. The molecular formula is C14H30O2. The summed E-state index contributed by atoms with van der Waals surface area (Å²) in [5.74, 6) is 1.97. The molecule has 3 unspecified atom stereocenters. The van der Waals surface area contributed by atoms with Crippen molar-refractivity contribution in [2.24, 2.45) is 17.8 Å². The van der Waals surface area contributed by atoms with Crippen LogP contribution in [0.5, 0.6) is 0 Å². The van der Waals surface area contributed by atoms with Gasteiger partial charge in [0.25, 0.3) is 0 Å². The second kappa shape index (κ2) is 9.00. The Morgan fingerprint density at radius 2 is 1.62 bits per heavy atom. The molecule has 0 N–H and O–H groups in total. The molecule has 0 aromatic carbocycles. The Kier molecular flexibility index (Phi) is 8.96. The average Bonchev–Trinajstić information content (AvgIpc) is 2.24. The normalized spacial score (nSPS) is 17.4. The summed E-state index contributed by atoms with van der Waals surface area (Å²) >= 11 is 0. The van der Waals surface area contributed by atoms with E-state index in [1.807, 2.05) is 7.11 Å². The third kappa shape index (κ3) is 6.49. The average molecular weight is 230 g/mol. The summed E-state index contributed by atoms with van der Waals surface area (Å²) < 4.78 is 11.0. The van der Waals surface area contributed by atoms with Gasteiger partial charge < -0.3 is 9.47 Å². The number of hydrogen-bond acceptors (Lipinski definition) is 2. The van der Waals surface area contributed by atoms with E-state index in [2.05, 4.69) is 27.7 Å². The number of hydrogen-bond donors (Lipinski definition) is 0. The van der Waals surface area contributed by atoms with Crippen LogP contribution in [0, 0.1) is 17.8 Å². The maximum atomic E-state index is 5.64. The van der Waals surface area contributed by atoms with E-state index in [1.165, 1.54) is 12.8 Å². The maximum Gasteiger partial charge on any atom is 0.0624 e. The van der Waals surface area contributed by atoms with Crippen molar-refractivity contribution in [3.63, 3.8) is 0 Å². The topological polar surface area (TPSA) is 18.5 Å². The molecule has 0 amide bonds. The molecule has 0 aromatic heterocycles. The summed E-state index contributed by atoms with van der Waals surface area (Å²) in [6, 6.07) is 0. The van der Waals surface area contributed by atoms with Gasteiger partial charge in [-0.15, -0.1) is 0 Å². The van der Waals surface area contributed by atoms with Crippen molar-refractivity contribution in [3.8, 4) is 0 Å². The lowest BCUT2D eigenvalue weighted by Gasteiger charge is -2.28. The third-order valence-corrected chi connectivity index (χ3v) is 3.32. The van der Waals surface area contributed by atoms with Gasteiger partial charge in [0.05, 0.1) is 12.7 Å². The summed E-state index contributed by atoms with van der Waals surface area (Å²) in [7, 11) is 3.61. The fourth-order valence-electron chi connectivity index (χ4n) is 2.17. The van der Waals surface area contributed by atoms with Crippen molar-refractivity contribution in [1.29, 1.82) is 0 Å². The molecule has 0 bridgehead atoms. The van der Waals surface area contributed by atoms with Gasteiger partial charge in [0, 0.05) is 20.1 Å². The van der Waals surface area contributed by atoms with Crippen LogP contribution in [0.1, 0.15) is 47.0 Å². The van der Waals surface area contributed by atoms with Crippen LogP contribution in [0.4, 0.5) is 0 Å². The van der Waals surface area contributed by atoms with Crippen LogP contribution in [0.15, 0.2) is 0 Å². The lowest BCUT2D eigenvalue weighted by molar-refractivity contribution is -0.00622. The van der Waals surface area contributed by atoms with Crippen LogP contribution in [0.25, 0.3) is 0 Å². The zero-order valence-corrected chi connectivity index (χ0v) is 12.0. The minimum Gasteiger partial charge on any atom is -0.384 e. The van der Waals surface area contributed by atoms with Crippen LogP contribution in [-0.2, 0) is 9.47 Å². The molecule has 0 aliphatic heterocycles. The number of rotatable bonds is 9. The minimum atomic E-state index is 0.342. The van der Waals surface area contributed by atoms with Gasteiger partial charge in [-0.05, 0) is 24.7 Å². The molecule has 0 heterocycles. The predicted molar refractivity (Wildman–Crippen MR) is 69.7 cm³/mol. The highest BCUT2D eigenvalue weighted by molar-refractivity contribution is 4.73. The van der Waals surface area contributed by atoms with Gasteiger partial charge in [-0.1, -0.05) is 34.1 Å². The molecule has 0 saturated carbocycles. The van der Waals surface area contributed by atoms with Crippen LogP contribution in [-0.4, -0.2) is 26.9 Å². The summed E-state index contributed by atoms with van der Waals surface area (Å²) in [6.45, 7) is 9.87. The van der Waals surface area contributed by atoms with Gasteiger partial charge in [-0.2, -0.15) is 0 Å². The van der Waals surface area contributed by atoms with E-state index in [4.69, 9.17) is 9.47 Å². The summed E-state index contributed by atoms with van der Waals surface area (Å²) in [5, 5.41) is 0.